The minimum absolute atomic E-state index is 0.0569. The fraction of sp³-hybridized carbons (Fsp3) is 0.294. The van der Waals surface area contributed by atoms with Crippen molar-refractivity contribution in [2.45, 2.75) is 33.8 Å². The number of hydrogen-bond acceptors (Lipinski definition) is 3. The summed E-state index contributed by atoms with van der Waals surface area (Å²) in [7, 11) is 0. The van der Waals surface area contributed by atoms with Crippen LogP contribution in [0.4, 0.5) is 0 Å². The molecular weight excluding hydrogens is 250 g/mol. The zero-order chi connectivity index (χ0) is 14.7. The highest BCUT2D eigenvalue weighted by Crippen LogP contribution is 2.17. The number of aromatic nitrogens is 1. The van der Waals surface area contributed by atoms with Crippen LogP contribution in [0.25, 0.3) is 0 Å². The number of hydrogen-bond donors (Lipinski definition) is 0. The lowest BCUT2D eigenvalue weighted by atomic mass is 10.0. The molecule has 0 aliphatic heterocycles. The molecule has 0 spiro atoms. The maximum atomic E-state index is 12.4. The van der Waals surface area contributed by atoms with Crippen LogP contribution in [0.3, 0.4) is 0 Å². The van der Waals surface area contributed by atoms with Crippen molar-refractivity contribution in [2.24, 2.45) is 0 Å². The average Bonchev–Trinajstić information content (AvgIpc) is 2.38. The molecule has 1 aromatic carbocycles. The van der Waals surface area contributed by atoms with Crippen LogP contribution in [0, 0.1) is 13.8 Å². The smallest absolute Gasteiger partial charge is 0.211 e. The first-order chi connectivity index (χ1) is 9.47. The first-order valence-electron chi connectivity index (χ1n) is 6.72. The van der Waals surface area contributed by atoms with Crippen LogP contribution in [0.2, 0.25) is 0 Å². The number of pyridine rings is 1. The van der Waals surface area contributed by atoms with Gasteiger partial charge in [-0.3, -0.25) is 9.78 Å². The summed E-state index contributed by atoms with van der Waals surface area (Å²) in [4.78, 5) is 16.7. The summed E-state index contributed by atoms with van der Waals surface area (Å²) < 4.78 is 5.57. The summed E-state index contributed by atoms with van der Waals surface area (Å²) in [6.45, 7) is 7.81. The Morgan fingerprint density at radius 1 is 1.15 bits per heavy atom. The van der Waals surface area contributed by atoms with Crippen LogP contribution in [0.5, 0.6) is 5.75 Å². The number of nitrogens with zero attached hydrogens (tertiary/aromatic N) is 1. The molecule has 0 aliphatic rings. The highest BCUT2D eigenvalue weighted by atomic mass is 16.5. The molecule has 0 N–H and O–H groups in total. The second kappa shape index (κ2) is 5.87. The van der Waals surface area contributed by atoms with Crippen molar-refractivity contribution in [3.63, 3.8) is 0 Å². The van der Waals surface area contributed by atoms with E-state index in [4.69, 9.17) is 4.74 Å². The molecule has 0 amide bonds. The number of ether oxygens (including phenoxy) is 1. The summed E-state index contributed by atoms with van der Waals surface area (Å²) in [5, 5.41) is 0. The van der Waals surface area contributed by atoms with Crippen molar-refractivity contribution in [1.82, 2.24) is 4.98 Å². The summed E-state index contributed by atoms with van der Waals surface area (Å²) in [5.41, 5.74) is 3.09. The third kappa shape index (κ3) is 3.23. The lowest BCUT2D eigenvalue weighted by Gasteiger charge is -2.10. The minimum atomic E-state index is -0.0569. The normalized spacial score (nSPS) is 10.7. The second-order valence-electron chi connectivity index (χ2n) is 5.20. The Balaban J connectivity index is 2.25. The standard InChI is InChI=1S/C17H19NO2/c1-11(2)20-15-7-5-14(6-8-15)17(19)16-13(4)9-12(3)10-18-16/h5-11H,1-4H3. The molecule has 0 radical (unpaired) electrons. The lowest BCUT2D eigenvalue weighted by Crippen LogP contribution is -2.08. The molecule has 104 valence electrons. The van der Waals surface area contributed by atoms with E-state index in [1.54, 1.807) is 18.3 Å². The molecule has 0 atom stereocenters. The van der Waals surface area contributed by atoms with Crippen LogP contribution in [-0.2, 0) is 0 Å². The molecule has 20 heavy (non-hydrogen) atoms. The molecule has 0 unspecified atom stereocenters. The summed E-state index contributed by atoms with van der Waals surface area (Å²) in [6, 6.07) is 9.16. The first kappa shape index (κ1) is 14.3. The fourth-order valence-corrected chi connectivity index (χ4v) is 2.05. The Hall–Kier alpha value is -2.16. The van der Waals surface area contributed by atoms with Gasteiger partial charge in [-0.25, -0.2) is 0 Å². The van der Waals surface area contributed by atoms with Gasteiger partial charge in [0.05, 0.1) is 6.10 Å². The summed E-state index contributed by atoms with van der Waals surface area (Å²) in [6.07, 6.45) is 1.84. The molecule has 3 nitrogen and oxygen atoms in total. The van der Waals surface area contributed by atoms with Gasteiger partial charge in [-0.05, 0) is 63.1 Å². The third-order valence-electron chi connectivity index (χ3n) is 2.92. The lowest BCUT2D eigenvalue weighted by molar-refractivity contribution is 0.103. The highest BCUT2D eigenvalue weighted by molar-refractivity contribution is 6.08. The van der Waals surface area contributed by atoms with E-state index >= 15 is 0 Å². The van der Waals surface area contributed by atoms with Crippen molar-refractivity contribution >= 4 is 5.78 Å². The number of rotatable bonds is 4. The third-order valence-corrected chi connectivity index (χ3v) is 2.92. The number of carbonyl (C=O) groups is 1. The molecule has 0 saturated heterocycles. The van der Waals surface area contributed by atoms with E-state index in [2.05, 4.69) is 4.98 Å². The number of ketones is 1. The van der Waals surface area contributed by atoms with Crippen molar-refractivity contribution < 1.29 is 9.53 Å². The number of benzene rings is 1. The van der Waals surface area contributed by atoms with Crippen LogP contribution < -0.4 is 4.74 Å². The highest BCUT2D eigenvalue weighted by Gasteiger charge is 2.13. The van der Waals surface area contributed by atoms with E-state index < -0.39 is 0 Å². The molecule has 0 fully saturated rings. The molecule has 0 aliphatic carbocycles. The van der Waals surface area contributed by atoms with Gasteiger partial charge in [0.15, 0.2) is 0 Å². The Bertz CT molecular complexity index is 615. The minimum Gasteiger partial charge on any atom is -0.491 e. The van der Waals surface area contributed by atoms with E-state index in [0.717, 1.165) is 16.9 Å². The van der Waals surface area contributed by atoms with Gasteiger partial charge in [-0.15, -0.1) is 0 Å². The number of carbonyl (C=O) groups excluding carboxylic acids is 1. The SMILES string of the molecule is Cc1cnc(C(=O)c2ccc(OC(C)C)cc2)c(C)c1. The van der Waals surface area contributed by atoms with Crippen LogP contribution in [0.1, 0.15) is 41.0 Å². The van der Waals surface area contributed by atoms with Crippen LogP contribution >= 0.6 is 0 Å². The molecule has 3 heteroatoms. The zero-order valence-electron chi connectivity index (χ0n) is 12.3. The van der Waals surface area contributed by atoms with Crippen molar-refractivity contribution in [1.29, 1.82) is 0 Å². The molecule has 1 aromatic heterocycles. The van der Waals surface area contributed by atoms with E-state index in [1.165, 1.54) is 0 Å². The predicted octanol–water partition coefficient (Wildman–Crippen LogP) is 3.72. The molecule has 0 saturated carbocycles. The summed E-state index contributed by atoms with van der Waals surface area (Å²) in [5.74, 6) is 0.712. The Morgan fingerprint density at radius 2 is 1.80 bits per heavy atom. The Morgan fingerprint density at radius 3 is 2.35 bits per heavy atom. The maximum Gasteiger partial charge on any atom is 0.211 e. The van der Waals surface area contributed by atoms with E-state index in [0.29, 0.717) is 11.3 Å². The predicted molar refractivity (Wildman–Crippen MR) is 79.3 cm³/mol. The van der Waals surface area contributed by atoms with Crippen molar-refractivity contribution in [2.75, 3.05) is 0 Å². The van der Waals surface area contributed by atoms with Gasteiger partial charge in [-0.2, -0.15) is 0 Å². The quantitative estimate of drug-likeness (QED) is 0.794. The van der Waals surface area contributed by atoms with Gasteiger partial charge in [0.25, 0.3) is 0 Å². The first-order valence-corrected chi connectivity index (χ1v) is 6.72. The molecule has 2 rings (SSSR count). The maximum absolute atomic E-state index is 12.4. The largest absolute Gasteiger partial charge is 0.491 e. The topological polar surface area (TPSA) is 39.2 Å². The average molecular weight is 269 g/mol. The van der Waals surface area contributed by atoms with Crippen molar-refractivity contribution in [3.8, 4) is 5.75 Å². The van der Waals surface area contributed by atoms with E-state index in [1.807, 2.05) is 45.9 Å². The van der Waals surface area contributed by atoms with Crippen LogP contribution in [-0.4, -0.2) is 16.9 Å². The Kier molecular flexibility index (Phi) is 4.18. The van der Waals surface area contributed by atoms with Crippen LogP contribution in [0.15, 0.2) is 36.5 Å². The monoisotopic (exact) mass is 269 g/mol. The van der Waals surface area contributed by atoms with Gasteiger partial charge in [-0.1, -0.05) is 6.07 Å². The van der Waals surface area contributed by atoms with Gasteiger partial charge in [0, 0.05) is 11.8 Å². The zero-order valence-corrected chi connectivity index (χ0v) is 12.3. The van der Waals surface area contributed by atoms with Gasteiger partial charge < -0.3 is 4.74 Å². The Labute approximate surface area is 119 Å². The molecule has 1 heterocycles. The second-order valence-corrected chi connectivity index (χ2v) is 5.20. The number of aryl methyl sites for hydroxylation is 2. The summed E-state index contributed by atoms with van der Waals surface area (Å²) >= 11 is 0. The van der Waals surface area contributed by atoms with Gasteiger partial charge >= 0.3 is 0 Å². The molecule has 2 aromatic rings. The molecular formula is C17H19NO2. The van der Waals surface area contributed by atoms with Crippen molar-refractivity contribution in [3.05, 3.63) is 58.9 Å². The van der Waals surface area contributed by atoms with E-state index in [-0.39, 0.29) is 11.9 Å². The van der Waals surface area contributed by atoms with E-state index in [9.17, 15) is 4.79 Å². The molecule has 0 bridgehead atoms. The fourth-order valence-electron chi connectivity index (χ4n) is 2.05. The van der Waals surface area contributed by atoms with Gasteiger partial charge in [0.2, 0.25) is 5.78 Å². The van der Waals surface area contributed by atoms with Gasteiger partial charge in [0.1, 0.15) is 11.4 Å².